The van der Waals surface area contributed by atoms with Gasteiger partial charge in [0.1, 0.15) is 5.76 Å². The van der Waals surface area contributed by atoms with Crippen molar-refractivity contribution in [1.82, 2.24) is 15.0 Å². The number of piperazine rings is 1. The van der Waals surface area contributed by atoms with Gasteiger partial charge in [-0.15, -0.1) is 0 Å². The number of aryl methyl sites for hydroxylation is 1. The van der Waals surface area contributed by atoms with Crippen molar-refractivity contribution in [3.05, 3.63) is 41.1 Å². The zero-order valence-corrected chi connectivity index (χ0v) is 16.5. The largest absolute Gasteiger partial charge is 0.360 e. The first kappa shape index (κ1) is 20.3. The van der Waals surface area contributed by atoms with E-state index in [9.17, 15) is 9.59 Å². The number of benzene rings is 1. The van der Waals surface area contributed by atoms with Crippen LogP contribution in [0.25, 0.3) is 0 Å². The van der Waals surface area contributed by atoms with Crippen molar-refractivity contribution in [3.63, 3.8) is 0 Å². The summed E-state index contributed by atoms with van der Waals surface area (Å²) < 4.78 is 4.93. The molecule has 2 N–H and O–H groups in total. The van der Waals surface area contributed by atoms with Crippen molar-refractivity contribution in [2.45, 2.75) is 13.3 Å². The minimum atomic E-state index is -0.107. The van der Waals surface area contributed by atoms with Crippen LogP contribution in [0.2, 0.25) is 5.02 Å². The van der Waals surface area contributed by atoms with E-state index in [4.69, 9.17) is 16.1 Å². The Morgan fingerprint density at radius 3 is 2.39 bits per heavy atom. The smallest absolute Gasteiger partial charge is 0.239 e. The van der Waals surface area contributed by atoms with Crippen LogP contribution in [0.3, 0.4) is 0 Å². The molecule has 2 aromatic rings. The second-order valence-corrected chi connectivity index (χ2v) is 7.23. The quantitative estimate of drug-likeness (QED) is 0.734. The topological polar surface area (TPSA) is 90.7 Å². The lowest BCUT2D eigenvalue weighted by molar-refractivity contribution is -0.117. The Balaban J connectivity index is 1.33. The van der Waals surface area contributed by atoms with Gasteiger partial charge in [0.15, 0.2) is 5.82 Å². The van der Waals surface area contributed by atoms with Crippen LogP contribution in [0.1, 0.15) is 12.2 Å². The first-order chi connectivity index (χ1) is 13.5. The van der Waals surface area contributed by atoms with E-state index in [1.807, 2.05) is 0 Å². The molecule has 150 valence electrons. The first-order valence-electron chi connectivity index (χ1n) is 9.21. The molecule has 9 heteroatoms. The Labute approximate surface area is 168 Å². The summed E-state index contributed by atoms with van der Waals surface area (Å²) in [6.45, 7) is 6.00. The molecule has 1 aromatic heterocycles. The number of nitrogens with zero attached hydrogens (tertiary/aromatic N) is 3. The maximum atomic E-state index is 12.1. The van der Waals surface area contributed by atoms with Crippen molar-refractivity contribution < 1.29 is 14.1 Å². The Morgan fingerprint density at radius 1 is 1.07 bits per heavy atom. The number of carbonyl (C=O) groups excluding carboxylic acids is 2. The standard InChI is InChI=1S/C19H24ClN5O3/c1-14-12-17(23-28-14)22-19(27)13-25-10-8-24(9-11-25)7-6-18(26)21-16-4-2-15(20)3-5-16/h2-5,12H,6-11,13H2,1H3,(H,21,26)(H,22,23,27). The minimum absolute atomic E-state index is 0.0213. The van der Waals surface area contributed by atoms with Gasteiger partial charge in [-0.2, -0.15) is 0 Å². The summed E-state index contributed by atoms with van der Waals surface area (Å²) in [6.07, 6.45) is 0.425. The van der Waals surface area contributed by atoms with Gasteiger partial charge in [0.25, 0.3) is 0 Å². The molecular weight excluding hydrogens is 382 g/mol. The number of halogens is 1. The minimum Gasteiger partial charge on any atom is -0.360 e. The maximum absolute atomic E-state index is 12.1. The van der Waals surface area contributed by atoms with Crippen LogP contribution in [0.5, 0.6) is 0 Å². The number of hydrogen-bond donors (Lipinski definition) is 2. The average molecular weight is 406 g/mol. The number of hydrogen-bond acceptors (Lipinski definition) is 6. The zero-order chi connectivity index (χ0) is 19.9. The number of nitrogens with one attached hydrogen (secondary N) is 2. The second kappa shape index (κ2) is 9.68. The highest BCUT2D eigenvalue weighted by Crippen LogP contribution is 2.14. The molecule has 0 atom stereocenters. The zero-order valence-electron chi connectivity index (χ0n) is 15.8. The summed E-state index contributed by atoms with van der Waals surface area (Å²) in [7, 11) is 0. The van der Waals surface area contributed by atoms with Gasteiger partial charge in [0.2, 0.25) is 11.8 Å². The number of rotatable bonds is 7. The predicted octanol–water partition coefficient (Wildman–Crippen LogP) is 2.22. The molecule has 8 nitrogen and oxygen atoms in total. The number of carbonyl (C=O) groups is 2. The van der Waals surface area contributed by atoms with Gasteiger partial charge in [0.05, 0.1) is 6.54 Å². The molecule has 1 aliphatic rings. The molecule has 0 spiro atoms. The monoisotopic (exact) mass is 405 g/mol. The molecule has 0 radical (unpaired) electrons. The molecule has 1 saturated heterocycles. The van der Waals surface area contributed by atoms with Crippen LogP contribution in [0, 0.1) is 6.92 Å². The highest BCUT2D eigenvalue weighted by Gasteiger charge is 2.20. The van der Waals surface area contributed by atoms with E-state index in [2.05, 4.69) is 25.6 Å². The van der Waals surface area contributed by atoms with Gasteiger partial charge in [-0.05, 0) is 31.2 Å². The Morgan fingerprint density at radius 2 is 1.75 bits per heavy atom. The summed E-state index contributed by atoms with van der Waals surface area (Å²) in [6, 6.07) is 8.74. The predicted molar refractivity (Wildman–Crippen MR) is 107 cm³/mol. The van der Waals surface area contributed by atoms with Gasteiger partial charge in [-0.1, -0.05) is 16.8 Å². The molecule has 0 aliphatic carbocycles. The highest BCUT2D eigenvalue weighted by molar-refractivity contribution is 6.30. The first-order valence-corrected chi connectivity index (χ1v) is 9.59. The van der Waals surface area contributed by atoms with Crippen molar-refractivity contribution in [1.29, 1.82) is 0 Å². The van der Waals surface area contributed by atoms with E-state index >= 15 is 0 Å². The molecule has 0 unspecified atom stereocenters. The molecular formula is C19H24ClN5O3. The van der Waals surface area contributed by atoms with Crippen LogP contribution < -0.4 is 10.6 Å². The number of aromatic nitrogens is 1. The van der Waals surface area contributed by atoms with Crippen molar-refractivity contribution in [2.24, 2.45) is 0 Å². The van der Waals surface area contributed by atoms with Crippen LogP contribution >= 0.6 is 11.6 Å². The fraction of sp³-hybridized carbons (Fsp3) is 0.421. The van der Waals surface area contributed by atoms with Crippen LogP contribution in [-0.2, 0) is 9.59 Å². The molecule has 2 amide bonds. The average Bonchev–Trinajstić information content (AvgIpc) is 3.07. The maximum Gasteiger partial charge on any atom is 0.239 e. The SMILES string of the molecule is Cc1cc(NC(=O)CN2CCN(CCC(=O)Nc3ccc(Cl)cc3)CC2)no1. The Kier molecular flexibility index (Phi) is 7.02. The van der Waals surface area contributed by atoms with Crippen molar-refractivity contribution in [2.75, 3.05) is 49.9 Å². The third kappa shape index (κ3) is 6.33. The van der Waals surface area contributed by atoms with Crippen LogP contribution in [0.15, 0.2) is 34.9 Å². The number of amides is 2. The molecule has 28 heavy (non-hydrogen) atoms. The van der Waals surface area contributed by atoms with Gasteiger partial charge in [-0.3, -0.25) is 14.5 Å². The van der Waals surface area contributed by atoms with E-state index in [0.717, 1.165) is 31.9 Å². The second-order valence-electron chi connectivity index (χ2n) is 6.79. The molecule has 1 aliphatic heterocycles. The molecule has 2 heterocycles. The van der Waals surface area contributed by atoms with E-state index in [0.29, 0.717) is 36.1 Å². The van der Waals surface area contributed by atoms with E-state index < -0.39 is 0 Å². The lowest BCUT2D eigenvalue weighted by Gasteiger charge is -2.34. The summed E-state index contributed by atoms with van der Waals surface area (Å²) in [4.78, 5) is 28.5. The fourth-order valence-corrected chi connectivity index (χ4v) is 3.12. The normalized spacial score (nSPS) is 15.4. The molecule has 0 bridgehead atoms. The van der Waals surface area contributed by atoms with Gasteiger partial charge in [0, 0.05) is 55.9 Å². The summed E-state index contributed by atoms with van der Waals surface area (Å²) in [5.74, 6) is 0.966. The lowest BCUT2D eigenvalue weighted by Crippen LogP contribution is -2.49. The third-order valence-electron chi connectivity index (χ3n) is 4.51. The highest BCUT2D eigenvalue weighted by atomic mass is 35.5. The molecule has 1 fully saturated rings. The van der Waals surface area contributed by atoms with Crippen LogP contribution in [0.4, 0.5) is 11.5 Å². The summed E-state index contributed by atoms with van der Waals surface area (Å²) >= 11 is 5.84. The number of anilines is 2. The van der Waals surface area contributed by atoms with E-state index in [1.165, 1.54) is 0 Å². The summed E-state index contributed by atoms with van der Waals surface area (Å²) in [5.41, 5.74) is 0.743. The van der Waals surface area contributed by atoms with E-state index in [-0.39, 0.29) is 11.8 Å². The van der Waals surface area contributed by atoms with Crippen LogP contribution in [-0.4, -0.2) is 66.0 Å². The van der Waals surface area contributed by atoms with Crippen molar-refractivity contribution >= 4 is 34.9 Å². The van der Waals surface area contributed by atoms with Gasteiger partial charge >= 0.3 is 0 Å². The third-order valence-corrected chi connectivity index (χ3v) is 4.76. The molecule has 1 aromatic carbocycles. The summed E-state index contributed by atoms with van der Waals surface area (Å²) in [5, 5.41) is 9.99. The van der Waals surface area contributed by atoms with E-state index in [1.54, 1.807) is 37.3 Å². The Bertz CT molecular complexity index is 800. The fourth-order valence-electron chi connectivity index (χ4n) is 3.00. The van der Waals surface area contributed by atoms with Gasteiger partial charge in [-0.25, -0.2) is 0 Å². The lowest BCUT2D eigenvalue weighted by atomic mass is 10.2. The molecule has 0 saturated carbocycles. The van der Waals surface area contributed by atoms with Crippen molar-refractivity contribution in [3.8, 4) is 0 Å². The van der Waals surface area contributed by atoms with Gasteiger partial charge < -0.3 is 20.1 Å². The molecule has 3 rings (SSSR count). The Hall–Kier alpha value is -2.42.